The van der Waals surface area contributed by atoms with Crippen LogP contribution in [-0.2, 0) is 9.59 Å². The van der Waals surface area contributed by atoms with Gasteiger partial charge in [-0.1, -0.05) is 0 Å². The van der Waals surface area contributed by atoms with Gasteiger partial charge in [0.2, 0.25) is 5.91 Å². The maximum atomic E-state index is 10.6. The van der Waals surface area contributed by atoms with Crippen molar-refractivity contribution in [1.82, 2.24) is 4.90 Å². The van der Waals surface area contributed by atoms with Crippen molar-refractivity contribution in [2.24, 2.45) is 0 Å². The Morgan fingerprint density at radius 3 is 1.91 bits per heavy atom. The van der Waals surface area contributed by atoms with Gasteiger partial charge in [-0.15, -0.1) is 0 Å². The Labute approximate surface area is 67.4 Å². The first kappa shape index (κ1) is 10.1. The highest BCUT2D eigenvalue weighted by Gasteiger charge is 2.12. The minimum absolute atomic E-state index is 0.225. The lowest BCUT2D eigenvalue weighted by Crippen LogP contribution is -2.24. The van der Waals surface area contributed by atoms with Gasteiger partial charge in [0.1, 0.15) is 6.29 Å². The SMILES string of the molecule is CC(=O)N1CCCC1.CC=O. The van der Waals surface area contributed by atoms with E-state index in [0.29, 0.717) is 0 Å². The molecule has 1 heterocycles. The standard InChI is InChI=1S/C6H11NO.C2H4O/c1-6(8)7-4-2-3-5-7;1-2-3/h2-5H2,1H3;2H,1H3. The molecule has 0 atom stereocenters. The molecule has 0 aliphatic carbocycles. The molecule has 1 fully saturated rings. The van der Waals surface area contributed by atoms with Crippen molar-refractivity contribution in [1.29, 1.82) is 0 Å². The summed E-state index contributed by atoms with van der Waals surface area (Å²) in [5.41, 5.74) is 0. The van der Waals surface area contributed by atoms with E-state index in [0.717, 1.165) is 19.4 Å². The zero-order chi connectivity index (χ0) is 8.69. The van der Waals surface area contributed by atoms with Crippen molar-refractivity contribution in [2.75, 3.05) is 13.1 Å². The van der Waals surface area contributed by atoms with Gasteiger partial charge in [-0.2, -0.15) is 0 Å². The van der Waals surface area contributed by atoms with E-state index in [1.165, 1.54) is 19.8 Å². The molecule has 1 aliphatic heterocycles. The molecule has 1 aliphatic rings. The summed E-state index contributed by atoms with van der Waals surface area (Å²) >= 11 is 0. The summed E-state index contributed by atoms with van der Waals surface area (Å²) in [5.74, 6) is 0.225. The van der Waals surface area contributed by atoms with Crippen LogP contribution in [0.15, 0.2) is 0 Å². The minimum Gasteiger partial charge on any atom is -0.343 e. The summed E-state index contributed by atoms with van der Waals surface area (Å²) in [6.07, 6.45) is 3.14. The fraction of sp³-hybridized carbons (Fsp3) is 0.750. The summed E-state index contributed by atoms with van der Waals surface area (Å²) in [6, 6.07) is 0. The van der Waals surface area contributed by atoms with Crippen LogP contribution in [0, 0.1) is 0 Å². The monoisotopic (exact) mass is 157 g/mol. The van der Waals surface area contributed by atoms with Crippen LogP contribution in [-0.4, -0.2) is 30.2 Å². The lowest BCUT2D eigenvalue weighted by molar-refractivity contribution is -0.127. The molecule has 1 saturated heterocycles. The quantitative estimate of drug-likeness (QED) is 0.488. The number of carbonyl (C=O) groups excluding carboxylic acids is 2. The first-order chi connectivity index (χ1) is 5.22. The Balaban J connectivity index is 0.000000292. The highest BCUT2D eigenvalue weighted by atomic mass is 16.2. The molecule has 0 aromatic rings. The normalized spacial score (nSPS) is 15.3. The molecule has 0 aromatic carbocycles. The van der Waals surface area contributed by atoms with Gasteiger partial charge in [0.05, 0.1) is 0 Å². The van der Waals surface area contributed by atoms with E-state index >= 15 is 0 Å². The molecule has 1 rings (SSSR count). The molecule has 0 unspecified atom stereocenters. The van der Waals surface area contributed by atoms with Crippen LogP contribution in [0.3, 0.4) is 0 Å². The highest BCUT2D eigenvalue weighted by Crippen LogP contribution is 2.05. The molecule has 0 bridgehead atoms. The van der Waals surface area contributed by atoms with Crippen molar-refractivity contribution in [3.8, 4) is 0 Å². The zero-order valence-corrected chi connectivity index (χ0v) is 7.17. The maximum Gasteiger partial charge on any atom is 0.219 e. The summed E-state index contributed by atoms with van der Waals surface area (Å²) in [5, 5.41) is 0. The van der Waals surface area contributed by atoms with Gasteiger partial charge < -0.3 is 9.69 Å². The molecular weight excluding hydrogens is 142 g/mol. The van der Waals surface area contributed by atoms with Gasteiger partial charge in [-0.25, -0.2) is 0 Å². The molecule has 0 aromatic heterocycles. The molecule has 64 valence electrons. The van der Waals surface area contributed by atoms with Crippen molar-refractivity contribution >= 4 is 12.2 Å². The van der Waals surface area contributed by atoms with Crippen molar-refractivity contribution < 1.29 is 9.59 Å². The van der Waals surface area contributed by atoms with E-state index in [9.17, 15) is 4.79 Å². The van der Waals surface area contributed by atoms with Crippen LogP contribution in [0.25, 0.3) is 0 Å². The van der Waals surface area contributed by atoms with E-state index in [4.69, 9.17) is 4.79 Å². The number of amides is 1. The average molecular weight is 157 g/mol. The Morgan fingerprint density at radius 1 is 1.36 bits per heavy atom. The Bertz CT molecular complexity index is 128. The number of hydrogen-bond donors (Lipinski definition) is 0. The second-order valence-corrected chi connectivity index (χ2v) is 2.45. The first-order valence-electron chi connectivity index (χ1n) is 3.87. The summed E-state index contributed by atoms with van der Waals surface area (Å²) in [4.78, 5) is 21.3. The fourth-order valence-electron chi connectivity index (χ4n) is 1.03. The zero-order valence-electron chi connectivity index (χ0n) is 7.17. The third-order valence-electron chi connectivity index (χ3n) is 1.55. The summed E-state index contributed by atoms with van der Waals surface area (Å²) in [6.45, 7) is 5.04. The Morgan fingerprint density at radius 2 is 1.73 bits per heavy atom. The van der Waals surface area contributed by atoms with Crippen molar-refractivity contribution in [2.45, 2.75) is 26.7 Å². The topological polar surface area (TPSA) is 37.4 Å². The molecule has 3 heteroatoms. The van der Waals surface area contributed by atoms with E-state index in [1.807, 2.05) is 4.90 Å². The lowest BCUT2D eigenvalue weighted by atomic mass is 10.4. The Hall–Kier alpha value is -0.860. The molecular formula is C8H15NO2. The third kappa shape index (κ3) is 4.53. The van der Waals surface area contributed by atoms with Crippen molar-refractivity contribution in [3.63, 3.8) is 0 Å². The molecule has 11 heavy (non-hydrogen) atoms. The third-order valence-corrected chi connectivity index (χ3v) is 1.55. The lowest BCUT2D eigenvalue weighted by Gasteiger charge is -2.10. The smallest absolute Gasteiger partial charge is 0.219 e. The molecule has 0 N–H and O–H groups in total. The molecule has 1 amide bonds. The van der Waals surface area contributed by atoms with Crippen LogP contribution in [0.1, 0.15) is 26.7 Å². The number of hydrogen-bond acceptors (Lipinski definition) is 2. The van der Waals surface area contributed by atoms with Gasteiger partial charge in [0.25, 0.3) is 0 Å². The van der Waals surface area contributed by atoms with E-state index in [1.54, 1.807) is 6.92 Å². The van der Waals surface area contributed by atoms with Crippen LogP contribution in [0.5, 0.6) is 0 Å². The highest BCUT2D eigenvalue weighted by molar-refractivity contribution is 5.73. The molecule has 0 radical (unpaired) electrons. The summed E-state index contributed by atoms with van der Waals surface area (Å²) < 4.78 is 0. The predicted octanol–water partition coefficient (Wildman–Crippen LogP) is 0.834. The first-order valence-corrected chi connectivity index (χ1v) is 3.87. The number of likely N-dealkylation sites (tertiary alicyclic amines) is 1. The van der Waals surface area contributed by atoms with Crippen LogP contribution < -0.4 is 0 Å². The molecule has 0 spiro atoms. The fourth-order valence-corrected chi connectivity index (χ4v) is 1.03. The molecule has 0 saturated carbocycles. The van der Waals surface area contributed by atoms with Crippen molar-refractivity contribution in [3.05, 3.63) is 0 Å². The number of carbonyl (C=O) groups is 2. The van der Waals surface area contributed by atoms with Gasteiger partial charge >= 0.3 is 0 Å². The molecule has 3 nitrogen and oxygen atoms in total. The summed E-state index contributed by atoms with van der Waals surface area (Å²) in [7, 11) is 0. The van der Waals surface area contributed by atoms with Crippen LogP contribution in [0.4, 0.5) is 0 Å². The van der Waals surface area contributed by atoms with Gasteiger partial charge in [-0.3, -0.25) is 4.79 Å². The second kappa shape index (κ2) is 5.89. The Kier molecular flexibility index (Phi) is 5.43. The average Bonchev–Trinajstić information content (AvgIpc) is 2.38. The largest absolute Gasteiger partial charge is 0.343 e. The van der Waals surface area contributed by atoms with Gasteiger partial charge in [0.15, 0.2) is 0 Å². The maximum absolute atomic E-state index is 10.6. The number of nitrogens with zero attached hydrogens (tertiary/aromatic N) is 1. The minimum atomic E-state index is 0.225. The van der Waals surface area contributed by atoms with Crippen LogP contribution >= 0.6 is 0 Å². The van der Waals surface area contributed by atoms with Gasteiger partial charge in [-0.05, 0) is 19.8 Å². The number of aldehydes is 1. The predicted molar refractivity (Wildman–Crippen MR) is 43.2 cm³/mol. The van der Waals surface area contributed by atoms with Crippen LogP contribution in [0.2, 0.25) is 0 Å². The van der Waals surface area contributed by atoms with E-state index in [-0.39, 0.29) is 5.91 Å². The van der Waals surface area contributed by atoms with Gasteiger partial charge in [0, 0.05) is 20.0 Å². The van der Waals surface area contributed by atoms with E-state index < -0.39 is 0 Å². The number of rotatable bonds is 0. The van der Waals surface area contributed by atoms with E-state index in [2.05, 4.69) is 0 Å². The second-order valence-electron chi connectivity index (χ2n) is 2.45.